The summed E-state index contributed by atoms with van der Waals surface area (Å²) in [5.74, 6) is 0.0797. The lowest BCUT2D eigenvalue weighted by Gasteiger charge is -2.28. The summed E-state index contributed by atoms with van der Waals surface area (Å²) in [6.07, 6.45) is 1.38. The molecule has 0 radical (unpaired) electrons. The number of ether oxygens (including phenoxy) is 1. The number of halogens is 1. The van der Waals surface area contributed by atoms with Gasteiger partial charge in [0.1, 0.15) is 12.4 Å². The van der Waals surface area contributed by atoms with E-state index in [2.05, 4.69) is 4.98 Å². The first kappa shape index (κ1) is 22.7. The molecule has 3 aromatic rings. The molecule has 0 amide bonds. The van der Waals surface area contributed by atoms with E-state index in [0.29, 0.717) is 23.5 Å². The van der Waals surface area contributed by atoms with Gasteiger partial charge in [-0.15, -0.1) is 0 Å². The summed E-state index contributed by atoms with van der Waals surface area (Å²) in [4.78, 5) is 3.70. The smallest absolute Gasteiger partial charge is 0.264 e. The third-order valence-corrected chi connectivity index (χ3v) is 6.55. The summed E-state index contributed by atoms with van der Waals surface area (Å²) in [6.45, 7) is 8.42. The molecule has 0 atom stereocenters. The molecule has 0 aliphatic rings. The Bertz CT molecular complexity index is 1150. The van der Waals surface area contributed by atoms with Crippen molar-refractivity contribution in [2.45, 2.75) is 39.2 Å². The molecule has 0 aliphatic heterocycles. The van der Waals surface area contributed by atoms with E-state index >= 15 is 0 Å². The topological polar surface area (TPSA) is 59.5 Å². The maximum atomic E-state index is 13.5. The van der Waals surface area contributed by atoms with Gasteiger partial charge in [0.15, 0.2) is 0 Å². The van der Waals surface area contributed by atoms with Gasteiger partial charge in [-0.2, -0.15) is 4.39 Å². The standard InChI is InChI=1S/C24H27FN2O3S/c1-17(2)15-27(23-10-5-18(3)13-19(23)4)31(28,29)22-8-6-21(7-9-22)30-16-20-11-12-26-24(25)14-20/h5-14,17H,15-16H2,1-4H3. The minimum atomic E-state index is -3.75. The van der Waals surface area contributed by atoms with Gasteiger partial charge in [0.2, 0.25) is 5.95 Å². The van der Waals surface area contributed by atoms with Crippen LogP contribution in [0.4, 0.5) is 10.1 Å². The van der Waals surface area contributed by atoms with Crippen LogP contribution in [0, 0.1) is 25.7 Å². The summed E-state index contributed by atoms with van der Waals surface area (Å²) >= 11 is 0. The molecular weight excluding hydrogens is 415 g/mol. The van der Waals surface area contributed by atoms with Crippen molar-refractivity contribution in [1.29, 1.82) is 0 Å². The highest BCUT2D eigenvalue weighted by atomic mass is 32.2. The number of sulfonamides is 1. The van der Waals surface area contributed by atoms with E-state index in [1.165, 1.54) is 28.7 Å². The molecule has 0 N–H and O–H groups in total. The molecule has 0 unspecified atom stereocenters. The molecule has 5 nitrogen and oxygen atoms in total. The fraction of sp³-hybridized carbons (Fsp3) is 0.292. The van der Waals surface area contributed by atoms with Crippen LogP contribution in [0.2, 0.25) is 0 Å². The van der Waals surface area contributed by atoms with Crippen LogP contribution in [0.5, 0.6) is 5.75 Å². The minimum absolute atomic E-state index is 0.152. The summed E-state index contributed by atoms with van der Waals surface area (Å²) in [6, 6.07) is 15.0. The molecule has 0 aliphatic carbocycles. The molecule has 164 valence electrons. The van der Waals surface area contributed by atoms with Crippen molar-refractivity contribution < 1.29 is 17.5 Å². The van der Waals surface area contributed by atoms with Crippen LogP contribution in [-0.4, -0.2) is 19.9 Å². The van der Waals surface area contributed by atoms with Crippen LogP contribution in [0.3, 0.4) is 0 Å². The zero-order valence-electron chi connectivity index (χ0n) is 18.2. The van der Waals surface area contributed by atoms with E-state index in [1.54, 1.807) is 18.2 Å². The zero-order chi connectivity index (χ0) is 22.6. The lowest BCUT2D eigenvalue weighted by atomic mass is 10.1. The Labute approximate surface area is 183 Å². The number of anilines is 1. The first-order valence-corrected chi connectivity index (χ1v) is 11.5. The third-order valence-electron chi connectivity index (χ3n) is 4.76. The van der Waals surface area contributed by atoms with Crippen LogP contribution >= 0.6 is 0 Å². The lowest BCUT2D eigenvalue weighted by Crippen LogP contribution is -2.34. The van der Waals surface area contributed by atoms with E-state index in [-0.39, 0.29) is 17.4 Å². The highest BCUT2D eigenvalue weighted by Gasteiger charge is 2.27. The summed E-state index contributed by atoms with van der Waals surface area (Å²) in [7, 11) is -3.75. The lowest BCUT2D eigenvalue weighted by molar-refractivity contribution is 0.305. The van der Waals surface area contributed by atoms with Crippen LogP contribution < -0.4 is 9.04 Å². The quantitative estimate of drug-likeness (QED) is 0.446. The average molecular weight is 443 g/mol. The van der Waals surface area contributed by atoms with Gasteiger partial charge in [-0.25, -0.2) is 13.4 Å². The molecule has 0 saturated heterocycles. The van der Waals surface area contributed by atoms with Crippen LogP contribution in [0.1, 0.15) is 30.5 Å². The van der Waals surface area contributed by atoms with E-state index in [0.717, 1.165) is 11.1 Å². The molecule has 3 rings (SSSR count). The van der Waals surface area contributed by atoms with Crippen LogP contribution in [0.15, 0.2) is 65.7 Å². The van der Waals surface area contributed by atoms with Gasteiger partial charge < -0.3 is 4.74 Å². The van der Waals surface area contributed by atoms with Crippen molar-refractivity contribution in [2.24, 2.45) is 5.92 Å². The number of aromatic nitrogens is 1. The number of benzene rings is 2. The van der Waals surface area contributed by atoms with Gasteiger partial charge in [0.25, 0.3) is 10.0 Å². The maximum absolute atomic E-state index is 13.5. The zero-order valence-corrected chi connectivity index (χ0v) is 19.0. The Hall–Kier alpha value is -2.93. The molecule has 0 saturated carbocycles. The second kappa shape index (κ2) is 9.47. The number of hydrogen-bond acceptors (Lipinski definition) is 4. The number of aryl methyl sites for hydroxylation is 2. The molecule has 1 heterocycles. The third kappa shape index (κ3) is 5.61. The van der Waals surface area contributed by atoms with E-state index in [1.807, 2.05) is 45.9 Å². The van der Waals surface area contributed by atoms with Gasteiger partial charge in [-0.05, 0) is 73.4 Å². The van der Waals surface area contributed by atoms with Gasteiger partial charge >= 0.3 is 0 Å². The van der Waals surface area contributed by atoms with Gasteiger partial charge in [-0.3, -0.25) is 4.31 Å². The molecule has 0 spiro atoms. The molecule has 31 heavy (non-hydrogen) atoms. The van der Waals surface area contributed by atoms with Crippen molar-refractivity contribution in [3.8, 4) is 5.75 Å². The Balaban J connectivity index is 1.84. The van der Waals surface area contributed by atoms with Crippen molar-refractivity contribution in [2.75, 3.05) is 10.8 Å². The second-order valence-electron chi connectivity index (χ2n) is 7.97. The molecule has 1 aromatic heterocycles. The Kier molecular flexibility index (Phi) is 6.95. The molecular formula is C24H27FN2O3S. The normalized spacial score (nSPS) is 11.5. The highest BCUT2D eigenvalue weighted by molar-refractivity contribution is 7.92. The first-order chi connectivity index (χ1) is 14.7. The van der Waals surface area contributed by atoms with Gasteiger partial charge in [0, 0.05) is 12.7 Å². The average Bonchev–Trinajstić information content (AvgIpc) is 2.71. The Morgan fingerprint density at radius 1 is 1.03 bits per heavy atom. The predicted octanol–water partition coefficient (Wildman–Crippen LogP) is 5.27. The van der Waals surface area contributed by atoms with Gasteiger partial charge in [0.05, 0.1) is 10.6 Å². The second-order valence-corrected chi connectivity index (χ2v) is 9.83. The van der Waals surface area contributed by atoms with E-state index < -0.39 is 16.0 Å². The van der Waals surface area contributed by atoms with Crippen molar-refractivity contribution in [3.05, 3.63) is 83.4 Å². The van der Waals surface area contributed by atoms with Crippen molar-refractivity contribution >= 4 is 15.7 Å². The summed E-state index contributed by atoms with van der Waals surface area (Å²) in [5.41, 5.74) is 3.31. The maximum Gasteiger partial charge on any atom is 0.264 e. The van der Waals surface area contributed by atoms with Crippen molar-refractivity contribution in [3.63, 3.8) is 0 Å². The SMILES string of the molecule is Cc1ccc(N(CC(C)C)S(=O)(=O)c2ccc(OCc3ccnc(F)c3)cc2)c(C)c1. The number of rotatable bonds is 8. The van der Waals surface area contributed by atoms with Crippen LogP contribution in [-0.2, 0) is 16.6 Å². The Morgan fingerprint density at radius 3 is 2.35 bits per heavy atom. The van der Waals surface area contributed by atoms with Crippen LogP contribution in [0.25, 0.3) is 0 Å². The van der Waals surface area contributed by atoms with Gasteiger partial charge in [-0.1, -0.05) is 31.5 Å². The number of pyridine rings is 1. The van der Waals surface area contributed by atoms with E-state index in [4.69, 9.17) is 4.74 Å². The largest absolute Gasteiger partial charge is 0.489 e. The molecule has 2 aromatic carbocycles. The fourth-order valence-electron chi connectivity index (χ4n) is 3.28. The molecule has 7 heteroatoms. The summed E-state index contributed by atoms with van der Waals surface area (Å²) in [5, 5.41) is 0. The monoisotopic (exact) mass is 442 g/mol. The highest BCUT2D eigenvalue weighted by Crippen LogP contribution is 2.29. The number of hydrogen-bond donors (Lipinski definition) is 0. The summed E-state index contributed by atoms with van der Waals surface area (Å²) < 4.78 is 47.3. The minimum Gasteiger partial charge on any atom is -0.489 e. The number of nitrogens with zero attached hydrogens (tertiary/aromatic N) is 2. The van der Waals surface area contributed by atoms with Crippen molar-refractivity contribution in [1.82, 2.24) is 4.98 Å². The molecule has 0 fully saturated rings. The Morgan fingerprint density at radius 2 is 1.74 bits per heavy atom. The predicted molar refractivity (Wildman–Crippen MR) is 120 cm³/mol. The fourth-order valence-corrected chi connectivity index (χ4v) is 4.97. The molecule has 0 bridgehead atoms. The van der Waals surface area contributed by atoms with E-state index in [9.17, 15) is 12.8 Å². The first-order valence-electron chi connectivity index (χ1n) is 10.1.